The number of aryl methyl sites for hydroxylation is 1. The average molecular weight is 567 g/mol. The van der Waals surface area contributed by atoms with E-state index in [2.05, 4.69) is 61.9 Å². The van der Waals surface area contributed by atoms with Crippen LogP contribution in [0.2, 0.25) is 5.02 Å². The van der Waals surface area contributed by atoms with Crippen molar-refractivity contribution in [2.45, 2.75) is 25.8 Å². The standard InChI is InChI=1S/C23H27ClN6O.HI/c1-16-3-9-20(10-4-16)30-14-12-19(15-30)27-23(25-2)26-13-11-21-28-22(29-31-21)17-5-7-18(24)8-6-17;/h3-10,19H,11-15H2,1-2H3,(H2,25,26,27);1H. The Hall–Kier alpha value is -2.33. The molecule has 1 aromatic heterocycles. The number of halogens is 2. The molecule has 0 aliphatic carbocycles. The number of hydrogen-bond acceptors (Lipinski definition) is 5. The molecule has 170 valence electrons. The van der Waals surface area contributed by atoms with Crippen LogP contribution in [0.25, 0.3) is 11.4 Å². The zero-order valence-electron chi connectivity index (χ0n) is 18.2. The van der Waals surface area contributed by atoms with Crippen LogP contribution in [0.5, 0.6) is 0 Å². The highest BCUT2D eigenvalue weighted by Gasteiger charge is 2.23. The summed E-state index contributed by atoms with van der Waals surface area (Å²) in [6, 6.07) is 16.4. The summed E-state index contributed by atoms with van der Waals surface area (Å²) in [5, 5.41) is 11.6. The molecule has 0 amide bonds. The van der Waals surface area contributed by atoms with E-state index in [0.717, 1.165) is 31.0 Å². The largest absolute Gasteiger partial charge is 0.369 e. The third-order valence-corrected chi connectivity index (χ3v) is 5.61. The van der Waals surface area contributed by atoms with E-state index in [-0.39, 0.29) is 24.0 Å². The number of nitrogens with zero attached hydrogens (tertiary/aromatic N) is 4. The van der Waals surface area contributed by atoms with E-state index in [1.54, 1.807) is 7.05 Å². The van der Waals surface area contributed by atoms with Crippen molar-refractivity contribution >= 4 is 47.2 Å². The number of benzene rings is 2. The van der Waals surface area contributed by atoms with Gasteiger partial charge in [-0.1, -0.05) is 34.5 Å². The topological polar surface area (TPSA) is 78.6 Å². The first-order valence-electron chi connectivity index (χ1n) is 10.5. The molecule has 2 N–H and O–H groups in total. The van der Waals surface area contributed by atoms with Gasteiger partial charge in [-0.15, -0.1) is 24.0 Å². The number of anilines is 1. The number of aliphatic imine (C=N–C) groups is 1. The van der Waals surface area contributed by atoms with Crippen molar-refractivity contribution in [3.05, 3.63) is 65.0 Å². The molecular formula is C23H28ClIN6O. The molecule has 0 radical (unpaired) electrons. The molecule has 0 bridgehead atoms. The van der Waals surface area contributed by atoms with Crippen LogP contribution in [0.15, 0.2) is 58.0 Å². The van der Waals surface area contributed by atoms with E-state index in [0.29, 0.717) is 35.7 Å². The molecule has 1 fully saturated rings. The number of aromatic nitrogens is 2. The molecule has 0 saturated carbocycles. The summed E-state index contributed by atoms with van der Waals surface area (Å²) in [4.78, 5) is 11.2. The van der Waals surface area contributed by atoms with Gasteiger partial charge in [0.1, 0.15) is 0 Å². The molecule has 2 heterocycles. The molecule has 2 aromatic carbocycles. The summed E-state index contributed by atoms with van der Waals surface area (Å²) < 4.78 is 5.37. The highest BCUT2D eigenvalue weighted by atomic mass is 127. The highest BCUT2D eigenvalue weighted by molar-refractivity contribution is 14.0. The molecule has 1 aliphatic rings. The second-order valence-electron chi connectivity index (χ2n) is 7.68. The smallest absolute Gasteiger partial charge is 0.228 e. The molecule has 9 heteroatoms. The Morgan fingerprint density at radius 3 is 2.66 bits per heavy atom. The maximum absolute atomic E-state index is 5.93. The lowest BCUT2D eigenvalue weighted by Crippen LogP contribution is -2.45. The van der Waals surface area contributed by atoms with Crippen molar-refractivity contribution in [3.8, 4) is 11.4 Å². The quantitative estimate of drug-likeness (QED) is 0.263. The van der Waals surface area contributed by atoms with Gasteiger partial charge in [-0.2, -0.15) is 4.98 Å². The van der Waals surface area contributed by atoms with Crippen molar-refractivity contribution in [2.24, 2.45) is 4.99 Å². The number of hydrogen-bond donors (Lipinski definition) is 2. The van der Waals surface area contributed by atoms with Crippen LogP contribution in [0, 0.1) is 6.92 Å². The van der Waals surface area contributed by atoms with Crippen molar-refractivity contribution in [1.29, 1.82) is 0 Å². The molecule has 0 spiro atoms. The first-order chi connectivity index (χ1) is 15.1. The van der Waals surface area contributed by atoms with Crippen LogP contribution in [-0.4, -0.2) is 48.8 Å². The summed E-state index contributed by atoms with van der Waals surface area (Å²) >= 11 is 5.93. The van der Waals surface area contributed by atoms with Crippen molar-refractivity contribution in [3.63, 3.8) is 0 Å². The molecule has 1 unspecified atom stereocenters. The molecular weight excluding hydrogens is 539 g/mol. The third kappa shape index (κ3) is 6.35. The third-order valence-electron chi connectivity index (χ3n) is 5.35. The van der Waals surface area contributed by atoms with Gasteiger partial charge in [0.05, 0.1) is 0 Å². The predicted molar refractivity (Wildman–Crippen MR) is 140 cm³/mol. The van der Waals surface area contributed by atoms with Gasteiger partial charge >= 0.3 is 0 Å². The predicted octanol–water partition coefficient (Wildman–Crippen LogP) is 4.30. The van der Waals surface area contributed by atoms with Gasteiger partial charge in [-0.3, -0.25) is 4.99 Å². The van der Waals surface area contributed by atoms with Crippen LogP contribution in [-0.2, 0) is 6.42 Å². The fourth-order valence-electron chi connectivity index (χ4n) is 3.62. The van der Waals surface area contributed by atoms with Crippen LogP contribution in [0.1, 0.15) is 17.9 Å². The van der Waals surface area contributed by atoms with E-state index >= 15 is 0 Å². The van der Waals surface area contributed by atoms with Gasteiger partial charge < -0.3 is 20.1 Å². The molecule has 1 atom stereocenters. The minimum atomic E-state index is 0. The molecule has 4 rings (SSSR count). The second kappa shape index (κ2) is 11.5. The van der Waals surface area contributed by atoms with Crippen LogP contribution in [0.3, 0.4) is 0 Å². The Kier molecular flexibility index (Phi) is 8.75. The van der Waals surface area contributed by atoms with E-state index in [1.807, 2.05) is 24.3 Å². The maximum Gasteiger partial charge on any atom is 0.228 e. The zero-order chi connectivity index (χ0) is 21.6. The Bertz CT molecular complexity index is 1020. The minimum absolute atomic E-state index is 0. The van der Waals surface area contributed by atoms with Crippen molar-refractivity contribution < 1.29 is 4.52 Å². The van der Waals surface area contributed by atoms with Crippen molar-refractivity contribution in [1.82, 2.24) is 20.8 Å². The van der Waals surface area contributed by atoms with Gasteiger partial charge in [0.25, 0.3) is 0 Å². The minimum Gasteiger partial charge on any atom is -0.369 e. The first kappa shape index (κ1) is 24.3. The SMILES string of the molecule is CN=C(NCCc1nc(-c2ccc(Cl)cc2)no1)NC1CCN(c2ccc(C)cc2)C1.I. The lowest BCUT2D eigenvalue weighted by atomic mass is 10.2. The summed E-state index contributed by atoms with van der Waals surface area (Å²) in [5.74, 6) is 1.93. The van der Waals surface area contributed by atoms with E-state index < -0.39 is 0 Å². The summed E-state index contributed by atoms with van der Waals surface area (Å²) in [5.41, 5.74) is 3.43. The van der Waals surface area contributed by atoms with Crippen LogP contribution in [0.4, 0.5) is 5.69 Å². The number of nitrogens with one attached hydrogen (secondary N) is 2. The Balaban J connectivity index is 0.00000289. The highest BCUT2D eigenvalue weighted by Crippen LogP contribution is 2.21. The zero-order valence-corrected chi connectivity index (χ0v) is 21.3. The molecule has 1 aliphatic heterocycles. The van der Waals surface area contributed by atoms with Crippen LogP contribution >= 0.6 is 35.6 Å². The van der Waals surface area contributed by atoms with E-state index in [4.69, 9.17) is 16.1 Å². The van der Waals surface area contributed by atoms with Gasteiger partial charge in [0.15, 0.2) is 5.96 Å². The molecule has 7 nitrogen and oxygen atoms in total. The Morgan fingerprint density at radius 2 is 1.94 bits per heavy atom. The van der Waals surface area contributed by atoms with Gasteiger partial charge in [0, 0.05) is 55.4 Å². The second-order valence-corrected chi connectivity index (χ2v) is 8.12. The first-order valence-corrected chi connectivity index (χ1v) is 10.9. The molecule has 3 aromatic rings. The van der Waals surface area contributed by atoms with Gasteiger partial charge in [-0.25, -0.2) is 0 Å². The fraction of sp³-hybridized carbons (Fsp3) is 0.348. The average Bonchev–Trinajstić information content (AvgIpc) is 3.44. The Labute approximate surface area is 210 Å². The molecule has 32 heavy (non-hydrogen) atoms. The summed E-state index contributed by atoms with van der Waals surface area (Å²) in [6.07, 6.45) is 1.68. The number of rotatable bonds is 6. The normalized spacial score (nSPS) is 16.0. The lowest BCUT2D eigenvalue weighted by molar-refractivity contribution is 0.378. The van der Waals surface area contributed by atoms with Gasteiger partial charge in [0.2, 0.25) is 11.7 Å². The van der Waals surface area contributed by atoms with Gasteiger partial charge in [-0.05, 0) is 49.7 Å². The maximum atomic E-state index is 5.93. The lowest BCUT2D eigenvalue weighted by Gasteiger charge is -2.20. The van der Waals surface area contributed by atoms with E-state index in [9.17, 15) is 0 Å². The fourth-order valence-corrected chi connectivity index (χ4v) is 3.74. The van der Waals surface area contributed by atoms with E-state index in [1.165, 1.54) is 11.3 Å². The Morgan fingerprint density at radius 1 is 1.19 bits per heavy atom. The monoisotopic (exact) mass is 566 g/mol. The van der Waals surface area contributed by atoms with Crippen molar-refractivity contribution in [2.75, 3.05) is 31.6 Å². The molecule has 1 saturated heterocycles. The summed E-state index contributed by atoms with van der Waals surface area (Å²) in [6.45, 7) is 4.75. The van der Waals surface area contributed by atoms with Crippen LogP contribution < -0.4 is 15.5 Å². The summed E-state index contributed by atoms with van der Waals surface area (Å²) in [7, 11) is 1.79. The number of guanidine groups is 1.